The van der Waals surface area contributed by atoms with Crippen LogP contribution in [-0.2, 0) is 0 Å². The molecule has 0 bridgehead atoms. The summed E-state index contributed by atoms with van der Waals surface area (Å²) in [4.78, 5) is 0. The van der Waals surface area contributed by atoms with Crippen molar-refractivity contribution in [3.05, 3.63) is 194 Å². The summed E-state index contributed by atoms with van der Waals surface area (Å²) in [6, 6.07) is 70.7. The van der Waals surface area contributed by atoms with Gasteiger partial charge >= 0.3 is 0 Å². The zero-order valence-electron chi connectivity index (χ0n) is 26.5. The second-order valence-electron chi connectivity index (χ2n) is 12.5. The molecule has 0 aliphatic carbocycles. The van der Waals surface area contributed by atoms with Crippen LogP contribution in [0.25, 0.3) is 88.0 Å². The van der Waals surface area contributed by atoms with Gasteiger partial charge in [0, 0.05) is 0 Å². The van der Waals surface area contributed by atoms with Gasteiger partial charge in [-0.15, -0.1) is 0 Å². The van der Waals surface area contributed by atoms with Crippen LogP contribution in [-0.4, -0.2) is 0 Å². The average molecular weight is 609 g/mol. The van der Waals surface area contributed by atoms with E-state index in [9.17, 15) is 0 Å². The second kappa shape index (κ2) is 11.8. The van der Waals surface area contributed by atoms with Crippen molar-refractivity contribution in [1.29, 1.82) is 0 Å². The fraction of sp³-hybridized carbons (Fsp3) is 0. The van der Waals surface area contributed by atoms with Crippen molar-refractivity contribution in [2.45, 2.75) is 0 Å². The highest BCUT2D eigenvalue weighted by Crippen LogP contribution is 2.44. The van der Waals surface area contributed by atoms with Gasteiger partial charge in [-0.2, -0.15) is 0 Å². The highest BCUT2D eigenvalue weighted by molar-refractivity contribution is 6.21. The summed E-state index contributed by atoms with van der Waals surface area (Å²) in [7, 11) is 0. The van der Waals surface area contributed by atoms with Gasteiger partial charge in [-0.05, 0) is 106 Å². The molecule has 224 valence electrons. The lowest BCUT2D eigenvalue weighted by atomic mass is 9.85. The Labute approximate surface area is 281 Å². The first-order valence-electron chi connectivity index (χ1n) is 16.6. The summed E-state index contributed by atoms with van der Waals surface area (Å²) in [5.41, 5.74) is 12.4. The minimum absolute atomic E-state index is 1.21. The number of rotatable bonds is 5. The smallest absolute Gasteiger partial charge is 0.00262 e. The standard InChI is InChI=1S/C48H32/c1-2-15-34(16-3-1)47-43-25-6-8-27-45(43)48(46-28-9-7-26-44(46)47)40-23-12-21-38(32-40)36-19-10-18-35(30-36)37-20-11-22-39(31-37)42-29-13-17-33-14-4-5-24-41(33)42/h1-32H. The van der Waals surface area contributed by atoms with Crippen molar-refractivity contribution >= 4 is 32.3 Å². The van der Waals surface area contributed by atoms with Gasteiger partial charge in [0.05, 0.1) is 0 Å². The molecule has 0 nitrogen and oxygen atoms in total. The summed E-state index contributed by atoms with van der Waals surface area (Å²) < 4.78 is 0. The lowest BCUT2D eigenvalue weighted by Crippen LogP contribution is -1.91. The monoisotopic (exact) mass is 608 g/mol. The molecule has 0 heterocycles. The van der Waals surface area contributed by atoms with Crippen LogP contribution in [0.5, 0.6) is 0 Å². The molecule has 9 aromatic rings. The number of hydrogen-bond acceptors (Lipinski definition) is 0. The number of fused-ring (bicyclic) bond motifs is 3. The highest BCUT2D eigenvalue weighted by atomic mass is 14.2. The Morgan fingerprint density at radius 1 is 0.208 bits per heavy atom. The Morgan fingerprint density at radius 3 is 1.15 bits per heavy atom. The molecule has 9 rings (SSSR count). The summed E-state index contributed by atoms with van der Waals surface area (Å²) in [6.45, 7) is 0. The molecule has 0 heteroatoms. The molecular formula is C48H32. The van der Waals surface area contributed by atoms with Crippen molar-refractivity contribution in [3.8, 4) is 55.6 Å². The predicted molar refractivity (Wildman–Crippen MR) is 206 cm³/mol. The van der Waals surface area contributed by atoms with Crippen LogP contribution in [0.2, 0.25) is 0 Å². The SMILES string of the molecule is c1ccc(-c2c3ccccc3c(-c3cccc(-c4cccc(-c5cccc(-c6cccc7ccccc67)c5)c4)c3)c3ccccc23)cc1. The maximum atomic E-state index is 2.36. The molecule has 0 radical (unpaired) electrons. The maximum Gasteiger partial charge on any atom is -0.00262 e. The number of hydrogen-bond donors (Lipinski definition) is 0. The molecule has 0 spiro atoms. The van der Waals surface area contributed by atoms with Crippen molar-refractivity contribution in [1.82, 2.24) is 0 Å². The molecule has 0 N–H and O–H groups in total. The Morgan fingerprint density at radius 2 is 0.562 bits per heavy atom. The summed E-state index contributed by atoms with van der Waals surface area (Å²) in [5.74, 6) is 0. The van der Waals surface area contributed by atoms with E-state index >= 15 is 0 Å². The third kappa shape index (κ3) is 4.87. The minimum atomic E-state index is 1.21. The van der Waals surface area contributed by atoms with Crippen LogP contribution in [0.3, 0.4) is 0 Å². The minimum Gasteiger partial charge on any atom is -0.0622 e. The first kappa shape index (κ1) is 28.0. The van der Waals surface area contributed by atoms with Gasteiger partial charge in [-0.1, -0.05) is 176 Å². The van der Waals surface area contributed by atoms with E-state index in [1.54, 1.807) is 0 Å². The van der Waals surface area contributed by atoms with Gasteiger partial charge in [0.15, 0.2) is 0 Å². The van der Waals surface area contributed by atoms with Gasteiger partial charge in [0.25, 0.3) is 0 Å². The molecule has 0 aliphatic rings. The van der Waals surface area contributed by atoms with E-state index in [1.807, 2.05) is 0 Å². The van der Waals surface area contributed by atoms with E-state index < -0.39 is 0 Å². The Bertz CT molecular complexity index is 2550. The quantitative estimate of drug-likeness (QED) is 0.171. The van der Waals surface area contributed by atoms with Crippen LogP contribution in [0, 0.1) is 0 Å². The van der Waals surface area contributed by atoms with Gasteiger partial charge in [0.1, 0.15) is 0 Å². The molecule has 0 aliphatic heterocycles. The fourth-order valence-corrected chi connectivity index (χ4v) is 7.43. The van der Waals surface area contributed by atoms with E-state index in [0.717, 1.165) is 0 Å². The average Bonchev–Trinajstić information content (AvgIpc) is 3.17. The highest BCUT2D eigenvalue weighted by Gasteiger charge is 2.17. The topological polar surface area (TPSA) is 0 Å². The molecular weight excluding hydrogens is 577 g/mol. The van der Waals surface area contributed by atoms with E-state index in [-0.39, 0.29) is 0 Å². The first-order valence-corrected chi connectivity index (χ1v) is 16.6. The van der Waals surface area contributed by atoms with E-state index in [4.69, 9.17) is 0 Å². The van der Waals surface area contributed by atoms with Crippen LogP contribution in [0.15, 0.2) is 194 Å². The van der Waals surface area contributed by atoms with E-state index in [0.29, 0.717) is 0 Å². The van der Waals surface area contributed by atoms with Crippen LogP contribution in [0.1, 0.15) is 0 Å². The third-order valence-electron chi connectivity index (χ3n) is 9.64. The zero-order chi connectivity index (χ0) is 31.9. The first-order chi connectivity index (χ1) is 23.8. The second-order valence-corrected chi connectivity index (χ2v) is 12.5. The summed E-state index contributed by atoms with van der Waals surface area (Å²) in [5, 5.41) is 7.63. The summed E-state index contributed by atoms with van der Waals surface area (Å²) in [6.07, 6.45) is 0. The Balaban J connectivity index is 1.16. The molecule has 0 saturated heterocycles. The van der Waals surface area contributed by atoms with E-state index in [2.05, 4.69) is 194 Å². The van der Waals surface area contributed by atoms with Gasteiger partial charge in [0.2, 0.25) is 0 Å². The maximum absolute atomic E-state index is 2.36. The van der Waals surface area contributed by atoms with Gasteiger partial charge in [-0.25, -0.2) is 0 Å². The van der Waals surface area contributed by atoms with Crippen LogP contribution >= 0.6 is 0 Å². The Kier molecular flexibility index (Phi) is 6.91. The largest absolute Gasteiger partial charge is 0.0622 e. The lowest BCUT2D eigenvalue weighted by Gasteiger charge is -2.18. The van der Waals surface area contributed by atoms with Crippen molar-refractivity contribution in [2.75, 3.05) is 0 Å². The van der Waals surface area contributed by atoms with Crippen molar-refractivity contribution in [3.63, 3.8) is 0 Å². The Hall–Kier alpha value is -6.24. The van der Waals surface area contributed by atoms with Crippen molar-refractivity contribution < 1.29 is 0 Å². The molecule has 0 aromatic heterocycles. The molecule has 0 unspecified atom stereocenters. The molecule has 48 heavy (non-hydrogen) atoms. The predicted octanol–water partition coefficient (Wildman–Crippen LogP) is 13.5. The molecule has 0 saturated carbocycles. The third-order valence-corrected chi connectivity index (χ3v) is 9.64. The normalized spacial score (nSPS) is 11.3. The van der Waals surface area contributed by atoms with Crippen LogP contribution < -0.4 is 0 Å². The van der Waals surface area contributed by atoms with Gasteiger partial charge in [-0.3, -0.25) is 0 Å². The van der Waals surface area contributed by atoms with Gasteiger partial charge < -0.3 is 0 Å². The molecule has 0 atom stereocenters. The fourth-order valence-electron chi connectivity index (χ4n) is 7.43. The zero-order valence-corrected chi connectivity index (χ0v) is 26.5. The molecule has 0 amide bonds. The van der Waals surface area contributed by atoms with Crippen LogP contribution in [0.4, 0.5) is 0 Å². The van der Waals surface area contributed by atoms with Crippen molar-refractivity contribution in [2.24, 2.45) is 0 Å². The molecule has 9 aromatic carbocycles. The lowest BCUT2D eigenvalue weighted by molar-refractivity contribution is 1.58. The molecule has 0 fully saturated rings. The number of benzene rings is 9. The summed E-state index contributed by atoms with van der Waals surface area (Å²) >= 11 is 0. The van der Waals surface area contributed by atoms with E-state index in [1.165, 1.54) is 88.0 Å².